The van der Waals surface area contributed by atoms with E-state index in [-0.39, 0.29) is 0 Å². The maximum atomic E-state index is 6.00. The Hall–Kier alpha value is -0.380. The molecule has 1 aromatic rings. The summed E-state index contributed by atoms with van der Waals surface area (Å²) in [6.07, 6.45) is 8.68. The van der Waals surface area contributed by atoms with Crippen molar-refractivity contribution in [1.29, 1.82) is 0 Å². The molecule has 1 spiro atoms. The van der Waals surface area contributed by atoms with Crippen LogP contribution in [0.2, 0.25) is 0 Å². The predicted molar refractivity (Wildman–Crippen MR) is 77.8 cm³/mol. The highest BCUT2D eigenvalue weighted by Gasteiger charge is 2.38. The van der Waals surface area contributed by atoms with Crippen molar-refractivity contribution in [2.75, 3.05) is 19.6 Å². The first-order valence-corrected chi connectivity index (χ1v) is 8.23. The Kier molecular flexibility index (Phi) is 3.73. The summed E-state index contributed by atoms with van der Waals surface area (Å²) in [4.78, 5) is 2.62. The fraction of sp³-hybridized carbons (Fsp3) is 0.733. The third kappa shape index (κ3) is 2.36. The van der Waals surface area contributed by atoms with Crippen molar-refractivity contribution in [2.45, 2.75) is 44.6 Å². The van der Waals surface area contributed by atoms with Gasteiger partial charge in [-0.25, -0.2) is 0 Å². The molecule has 0 bridgehead atoms. The third-order valence-corrected chi connectivity index (χ3v) is 5.82. The molecule has 1 saturated heterocycles. The minimum Gasteiger partial charge on any atom is -0.329 e. The van der Waals surface area contributed by atoms with Gasteiger partial charge in [0.1, 0.15) is 0 Å². The number of hydrogen-bond donors (Lipinski definition) is 1. The second-order valence-electron chi connectivity index (χ2n) is 6.05. The van der Waals surface area contributed by atoms with Gasteiger partial charge in [0.05, 0.1) is 0 Å². The van der Waals surface area contributed by atoms with Crippen LogP contribution in [0.15, 0.2) is 16.8 Å². The van der Waals surface area contributed by atoms with Crippen LogP contribution in [0.3, 0.4) is 0 Å². The van der Waals surface area contributed by atoms with E-state index in [1.807, 2.05) is 0 Å². The van der Waals surface area contributed by atoms with Crippen molar-refractivity contribution in [1.82, 2.24) is 4.90 Å². The molecular weight excluding hydrogens is 240 g/mol. The van der Waals surface area contributed by atoms with Crippen LogP contribution in [-0.4, -0.2) is 24.5 Å². The second-order valence-corrected chi connectivity index (χ2v) is 6.83. The molecule has 100 valence electrons. The van der Waals surface area contributed by atoms with Crippen LogP contribution in [0, 0.1) is 5.41 Å². The topological polar surface area (TPSA) is 29.3 Å². The summed E-state index contributed by atoms with van der Waals surface area (Å²) in [5.74, 6) is 0. The number of hydrogen-bond acceptors (Lipinski definition) is 3. The monoisotopic (exact) mass is 264 g/mol. The Morgan fingerprint density at radius 1 is 1.22 bits per heavy atom. The lowest BCUT2D eigenvalue weighted by atomic mass is 9.76. The van der Waals surface area contributed by atoms with E-state index in [1.165, 1.54) is 57.2 Å². The van der Waals surface area contributed by atoms with Crippen LogP contribution in [-0.2, 0) is 0 Å². The van der Waals surface area contributed by atoms with Gasteiger partial charge >= 0.3 is 0 Å². The molecule has 1 aromatic heterocycles. The van der Waals surface area contributed by atoms with Gasteiger partial charge in [-0.2, -0.15) is 11.3 Å². The van der Waals surface area contributed by atoms with Gasteiger partial charge in [0.25, 0.3) is 0 Å². The quantitative estimate of drug-likeness (QED) is 0.906. The molecule has 3 rings (SSSR count). The van der Waals surface area contributed by atoms with Gasteiger partial charge in [-0.05, 0) is 66.6 Å². The minimum absolute atomic E-state index is 0.454. The number of thiophene rings is 1. The molecule has 2 fully saturated rings. The maximum Gasteiger partial charge on any atom is 0.0478 e. The Balaban J connectivity index is 1.64. The lowest BCUT2D eigenvalue weighted by Crippen LogP contribution is -2.42. The molecule has 0 radical (unpaired) electrons. The molecule has 1 atom stereocenters. The van der Waals surface area contributed by atoms with Gasteiger partial charge < -0.3 is 5.73 Å². The summed E-state index contributed by atoms with van der Waals surface area (Å²) in [5.41, 5.74) is 8.14. The molecule has 3 heteroatoms. The van der Waals surface area contributed by atoms with Crippen LogP contribution in [0.4, 0.5) is 0 Å². The SMILES string of the molecule is NCC(c1ccsc1)N1CCC2(CCCC2)CC1. The molecule has 18 heavy (non-hydrogen) atoms. The van der Waals surface area contributed by atoms with Crippen LogP contribution < -0.4 is 5.73 Å². The van der Waals surface area contributed by atoms with Gasteiger partial charge in [-0.15, -0.1) is 0 Å². The molecule has 0 amide bonds. The van der Waals surface area contributed by atoms with Gasteiger partial charge in [-0.3, -0.25) is 4.90 Å². The number of rotatable bonds is 3. The highest BCUT2D eigenvalue weighted by molar-refractivity contribution is 7.07. The van der Waals surface area contributed by atoms with E-state index in [2.05, 4.69) is 21.7 Å². The summed E-state index contributed by atoms with van der Waals surface area (Å²) in [6, 6.07) is 2.69. The highest BCUT2D eigenvalue weighted by Crippen LogP contribution is 2.47. The van der Waals surface area contributed by atoms with E-state index in [4.69, 9.17) is 5.73 Å². The van der Waals surface area contributed by atoms with E-state index in [1.54, 1.807) is 11.3 Å². The predicted octanol–water partition coefficient (Wildman–Crippen LogP) is 3.40. The zero-order valence-electron chi connectivity index (χ0n) is 11.1. The van der Waals surface area contributed by atoms with Crippen molar-refractivity contribution in [3.63, 3.8) is 0 Å². The first kappa shape index (κ1) is 12.6. The van der Waals surface area contributed by atoms with Gasteiger partial charge in [0.15, 0.2) is 0 Å². The largest absolute Gasteiger partial charge is 0.329 e. The first-order chi connectivity index (χ1) is 8.83. The second kappa shape index (κ2) is 5.32. The Morgan fingerprint density at radius 2 is 1.94 bits per heavy atom. The molecule has 0 aromatic carbocycles. The Bertz CT molecular complexity index is 358. The highest BCUT2D eigenvalue weighted by atomic mass is 32.1. The average molecular weight is 264 g/mol. The van der Waals surface area contributed by atoms with Gasteiger partial charge in [0.2, 0.25) is 0 Å². The summed E-state index contributed by atoms with van der Waals surface area (Å²) < 4.78 is 0. The van der Waals surface area contributed by atoms with E-state index < -0.39 is 0 Å². The standard InChI is InChI=1S/C15H24N2S/c16-11-14(13-3-10-18-12-13)17-8-6-15(7-9-17)4-1-2-5-15/h3,10,12,14H,1-2,4-9,11,16H2. The summed E-state index contributed by atoms with van der Waals surface area (Å²) in [6.45, 7) is 3.25. The Morgan fingerprint density at radius 3 is 2.50 bits per heavy atom. The number of nitrogens with two attached hydrogens (primary N) is 1. The van der Waals surface area contributed by atoms with E-state index >= 15 is 0 Å². The minimum atomic E-state index is 0.454. The smallest absolute Gasteiger partial charge is 0.0478 e. The number of nitrogens with zero attached hydrogens (tertiary/aromatic N) is 1. The molecule has 1 aliphatic carbocycles. The van der Waals surface area contributed by atoms with Crippen molar-refractivity contribution in [3.8, 4) is 0 Å². The van der Waals surface area contributed by atoms with E-state index in [0.717, 1.165) is 6.54 Å². The van der Waals surface area contributed by atoms with Crippen molar-refractivity contribution >= 4 is 11.3 Å². The molecule has 2 nitrogen and oxygen atoms in total. The van der Waals surface area contributed by atoms with Gasteiger partial charge in [-0.1, -0.05) is 12.8 Å². The molecular formula is C15H24N2S. The van der Waals surface area contributed by atoms with E-state index in [9.17, 15) is 0 Å². The molecule has 1 unspecified atom stereocenters. The maximum absolute atomic E-state index is 6.00. The van der Waals surface area contributed by atoms with E-state index in [0.29, 0.717) is 11.5 Å². The molecule has 1 aliphatic heterocycles. The first-order valence-electron chi connectivity index (χ1n) is 7.29. The lowest BCUT2D eigenvalue weighted by molar-refractivity contribution is 0.0781. The van der Waals surface area contributed by atoms with Crippen molar-refractivity contribution in [3.05, 3.63) is 22.4 Å². The van der Waals surface area contributed by atoms with Crippen LogP contribution in [0.25, 0.3) is 0 Å². The molecule has 1 saturated carbocycles. The molecule has 2 aliphatic rings. The van der Waals surface area contributed by atoms with Crippen molar-refractivity contribution in [2.24, 2.45) is 11.1 Å². The number of piperidine rings is 1. The van der Waals surface area contributed by atoms with Gasteiger partial charge in [0, 0.05) is 12.6 Å². The average Bonchev–Trinajstić information content (AvgIpc) is 3.05. The van der Waals surface area contributed by atoms with Crippen LogP contribution in [0.5, 0.6) is 0 Å². The fourth-order valence-corrected chi connectivity index (χ4v) is 4.60. The summed E-state index contributed by atoms with van der Waals surface area (Å²) in [5, 5.41) is 4.43. The molecule has 2 heterocycles. The third-order valence-electron chi connectivity index (χ3n) is 5.11. The zero-order chi connectivity index (χ0) is 12.4. The zero-order valence-corrected chi connectivity index (χ0v) is 11.9. The van der Waals surface area contributed by atoms with Crippen LogP contribution in [0.1, 0.15) is 50.1 Å². The Labute approximate surface area is 114 Å². The van der Waals surface area contributed by atoms with Crippen LogP contribution >= 0.6 is 11.3 Å². The fourth-order valence-electron chi connectivity index (χ4n) is 3.90. The number of likely N-dealkylation sites (tertiary alicyclic amines) is 1. The summed E-state index contributed by atoms with van der Waals surface area (Å²) in [7, 11) is 0. The van der Waals surface area contributed by atoms with Crippen molar-refractivity contribution < 1.29 is 0 Å². The molecule has 2 N–H and O–H groups in total. The lowest BCUT2D eigenvalue weighted by Gasteiger charge is -2.42. The summed E-state index contributed by atoms with van der Waals surface area (Å²) >= 11 is 1.78. The normalized spacial score (nSPS) is 25.6.